The summed E-state index contributed by atoms with van der Waals surface area (Å²) in [5.41, 5.74) is 8.87. The molecule has 4 aliphatic heterocycles. The van der Waals surface area contributed by atoms with Gasteiger partial charge in [0, 0.05) is 37.2 Å². The highest BCUT2D eigenvalue weighted by atomic mass is 16.2. The van der Waals surface area contributed by atoms with Crippen molar-refractivity contribution in [3.8, 4) is 0 Å². The summed E-state index contributed by atoms with van der Waals surface area (Å²) in [6, 6.07) is 6.55. The molecule has 154 valence electrons. The molecule has 3 amide bonds. The van der Waals surface area contributed by atoms with Gasteiger partial charge in [0.15, 0.2) is 0 Å². The molecule has 7 heteroatoms. The van der Waals surface area contributed by atoms with Gasteiger partial charge in [0.1, 0.15) is 6.04 Å². The molecule has 3 saturated heterocycles. The molecule has 3 fully saturated rings. The van der Waals surface area contributed by atoms with Gasteiger partial charge in [0.25, 0.3) is 5.91 Å². The van der Waals surface area contributed by atoms with Gasteiger partial charge in [-0.15, -0.1) is 0 Å². The van der Waals surface area contributed by atoms with Crippen molar-refractivity contribution in [2.45, 2.75) is 69.7 Å². The maximum absolute atomic E-state index is 13.0. The number of hydrogen-bond acceptors (Lipinski definition) is 5. The summed E-state index contributed by atoms with van der Waals surface area (Å²) >= 11 is 0. The Balaban J connectivity index is 1.36. The smallest absolute Gasteiger partial charge is 0.255 e. The lowest BCUT2D eigenvalue weighted by molar-refractivity contribution is -0.136. The van der Waals surface area contributed by atoms with Gasteiger partial charge in [-0.05, 0) is 61.8 Å². The Morgan fingerprint density at radius 2 is 1.83 bits per heavy atom. The molecule has 0 spiro atoms. The highest BCUT2D eigenvalue weighted by Crippen LogP contribution is 2.40. The molecule has 4 aliphatic rings. The largest absolute Gasteiger partial charge is 0.330 e. The normalized spacial score (nSPS) is 31.9. The molecule has 1 aromatic rings. The van der Waals surface area contributed by atoms with Crippen molar-refractivity contribution in [1.82, 2.24) is 15.1 Å². The molecular formula is C22H28N4O3. The first-order chi connectivity index (χ1) is 14.0. The summed E-state index contributed by atoms with van der Waals surface area (Å²) in [4.78, 5) is 41.1. The maximum atomic E-state index is 13.0. The number of fused-ring (bicyclic) bond motifs is 3. The fraction of sp³-hybridized carbons (Fsp3) is 0.591. The third-order valence-corrected chi connectivity index (χ3v) is 7.35. The van der Waals surface area contributed by atoms with Gasteiger partial charge in [-0.3, -0.25) is 24.6 Å². The summed E-state index contributed by atoms with van der Waals surface area (Å²) in [7, 11) is 0. The Kier molecular flexibility index (Phi) is 4.67. The monoisotopic (exact) mass is 396 g/mol. The molecule has 0 radical (unpaired) electrons. The summed E-state index contributed by atoms with van der Waals surface area (Å²) in [5.74, 6) is -0.0747. The maximum Gasteiger partial charge on any atom is 0.255 e. The third kappa shape index (κ3) is 3.16. The van der Waals surface area contributed by atoms with Crippen LogP contribution in [0.5, 0.6) is 0 Å². The Bertz CT molecular complexity index is 856. The number of nitrogens with one attached hydrogen (secondary N) is 1. The van der Waals surface area contributed by atoms with Crippen LogP contribution >= 0.6 is 0 Å². The van der Waals surface area contributed by atoms with Crippen LogP contribution in [0.3, 0.4) is 0 Å². The van der Waals surface area contributed by atoms with E-state index in [9.17, 15) is 14.4 Å². The predicted octanol–water partition coefficient (Wildman–Crippen LogP) is 1.15. The van der Waals surface area contributed by atoms with Crippen LogP contribution in [0.1, 0.15) is 60.0 Å². The van der Waals surface area contributed by atoms with Gasteiger partial charge in [0.2, 0.25) is 11.8 Å². The van der Waals surface area contributed by atoms with Gasteiger partial charge in [0.05, 0.1) is 0 Å². The zero-order chi connectivity index (χ0) is 20.1. The van der Waals surface area contributed by atoms with E-state index in [1.165, 1.54) is 31.2 Å². The molecule has 3 N–H and O–H groups in total. The van der Waals surface area contributed by atoms with E-state index in [0.29, 0.717) is 36.5 Å². The van der Waals surface area contributed by atoms with Crippen LogP contribution in [0.25, 0.3) is 0 Å². The van der Waals surface area contributed by atoms with E-state index in [1.807, 2.05) is 12.1 Å². The standard InChI is InChI=1S/C22H28N4O3/c23-10-13-8-15-4-5-16(9-13)25(15)11-14-2-1-3-17-18(14)12-26(22(17)29)19-6-7-20(27)24-21(19)28/h1-3,13,15-16,19H,4-12,23H2,(H,24,27,28)/t13?,15-,16+,19?. The van der Waals surface area contributed by atoms with Gasteiger partial charge in [-0.1, -0.05) is 12.1 Å². The van der Waals surface area contributed by atoms with Crippen LogP contribution in [0.2, 0.25) is 0 Å². The topological polar surface area (TPSA) is 95.7 Å². The van der Waals surface area contributed by atoms with E-state index >= 15 is 0 Å². The molecule has 4 heterocycles. The van der Waals surface area contributed by atoms with Crippen LogP contribution in [-0.2, 0) is 22.7 Å². The Labute approximate surface area is 170 Å². The summed E-state index contributed by atoms with van der Waals surface area (Å²) in [6.07, 6.45) is 5.49. The van der Waals surface area contributed by atoms with Crippen LogP contribution in [0.15, 0.2) is 18.2 Å². The number of imide groups is 1. The summed E-state index contributed by atoms with van der Waals surface area (Å²) in [5, 5.41) is 2.37. The van der Waals surface area contributed by atoms with Crippen molar-refractivity contribution in [2.24, 2.45) is 11.7 Å². The lowest BCUT2D eigenvalue weighted by Gasteiger charge is -2.39. The van der Waals surface area contributed by atoms with E-state index in [-0.39, 0.29) is 24.1 Å². The number of carbonyl (C=O) groups is 3. The fourth-order valence-electron chi connectivity index (χ4n) is 5.83. The zero-order valence-electron chi connectivity index (χ0n) is 16.6. The lowest BCUT2D eigenvalue weighted by atomic mass is 9.90. The molecule has 2 bridgehead atoms. The van der Waals surface area contributed by atoms with Gasteiger partial charge in [-0.25, -0.2) is 0 Å². The lowest BCUT2D eigenvalue weighted by Crippen LogP contribution is -2.52. The number of benzene rings is 1. The van der Waals surface area contributed by atoms with Gasteiger partial charge in [-0.2, -0.15) is 0 Å². The average Bonchev–Trinajstić information content (AvgIpc) is 3.15. The first-order valence-corrected chi connectivity index (χ1v) is 10.8. The van der Waals surface area contributed by atoms with Crippen LogP contribution in [-0.4, -0.2) is 52.2 Å². The SMILES string of the molecule is NCC1C[C@H]2CC[C@@H](C1)N2Cc1cccc2c1CN(C1CCC(=O)NC1=O)C2=O. The van der Waals surface area contributed by atoms with Gasteiger partial charge >= 0.3 is 0 Å². The Morgan fingerprint density at radius 1 is 1.07 bits per heavy atom. The summed E-state index contributed by atoms with van der Waals surface area (Å²) < 4.78 is 0. The zero-order valence-corrected chi connectivity index (χ0v) is 16.6. The molecule has 2 unspecified atom stereocenters. The second-order valence-electron chi connectivity index (χ2n) is 8.97. The molecule has 29 heavy (non-hydrogen) atoms. The molecular weight excluding hydrogens is 368 g/mol. The first kappa shape index (κ1) is 18.8. The van der Waals surface area contributed by atoms with Crippen molar-refractivity contribution < 1.29 is 14.4 Å². The van der Waals surface area contributed by atoms with E-state index in [1.54, 1.807) is 4.90 Å². The van der Waals surface area contributed by atoms with E-state index in [0.717, 1.165) is 18.7 Å². The molecule has 1 aromatic carbocycles. The van der Waals surface area contributed by atoms with Crippen LogP contribution in [0, 0.1) is 5.92 Å². The molecule has 5 rings (SSSR count). The minimum absolute atomic E-state index is 0.0961. The summed E-state index contributed by atoms with van der Waals surface area (Å²) in [6.45, 7) is 2.08. The molecule has 0 aliphatic carbocycles. The Morgan fingerprint density at radius 3 is 2.52 bits per heavy atom. The van der Waals surface area contributed by atoms with Crippen molar-refractivity contribution in [3.63, 3.8) is 0 Å². The van der Waals surface area contributed by atoms with Gasteiger partial charge < -0.3 is 10.6 Å². The fourth-order valence-corrected chi connectivity index (χ4v) is 5.83. The highest BCUT2D eigenvalue weighted by Gasteiger charge is 2.42. The second-order valence-corrected chi connectivity index (χ2v) is 8.97. The number of carbonyl (C=O) groups excluding carboxylic acids is 3. The number of nitrogens with two attached hydrogens (primary N) is 1. The number of amides is 3. The van der Waals surface area contributed by atoms with E-state index < -0.39 is 6.04 Å². The van der Waals surface area contributed by atoms with Crippen LogP contribution < -0.4 is 11.1 Å². The number of piperidine rings is 2. The number of hydrogen-bond donors (Lipinski definition) is 2. The minimum Gasteiger partial charge on any atom is -0.330 e. The number of rotatable bonds is 4. The van der Waals surface area contributed by atoms with E-state index in [2.05, 4.69) is 16.3 Å². The minimum atomic E-state index is -0.558. The van der Waals surface area contributed by atoms with E-state index in [4.69, 9.17) is 5.73 Å². The predicted molar refractivity (Wildman–Crippen MR) is 107 cm³/mol. The average molecular weight is 396 g/mol. The molecule has 7 nitrogen and oxygen atoms in total. The third-order valence-electron chi connectivity index (χ3n) is 7.35. The van der Waals surface area contributed by atoms with Crippen molar-refractivity contribution in [3.05, 3.63) is 34.9 Å². The quantitative estimate of drug-likeness (QED) is 0.745. The second kappa shape index (κ2) is 7.22. The van der Waals surface area contributed by atoms with Crippen LogP contribution in [0.4, 0.5) is 0 Å². The number of nitrogens with zero attached hydrogens (tertiary/aromatic N) is 2. The first-order valence-electron chi connectivity index (χ1n) is 10.8. The highest BCUT2D eigenvalue weighted by molar-refractivity contribution is 6.05. The van der Waals surface area contributed by atoms with Crippen molar-refractivity contribution in [1.29, 1.82) is 0 Å². The molecule has 4 atom stereocenters. The molecule has 0 saturated carbocycles. The Hall–Kier alpha value is -2.25. The van der Waals surface area contributed by atoms with Crippen molar-refractivity contribution >= 4 is 17.7 Å². The van der Waals surface area contributed by atoms with Crippen molar-refractivity contribution in [2.75, 3.05) is 6.54 Å². The molecule has 0 aromatic heterocycles.